The first-order valence-corrected chi connectivity index (χ1v) is 8.26. The minimum absolute atomic E-state index is 0.0142. The van der Waals surface area contributed by atoms with E-state index in [2.05, 4.69) is 14.9 Å². The number of hydrogen-bond acceptors (Lipinski definition) is 4. The molecule has 0 saturated carbocycles. The normalized spacial score (nSPS) is 15.1. The predicted octanol–water partition coefficient (Wildman–Crippen LogP) is 2.80. The number of carbonyl (C=O) groups excluding carboxylic acids is 1. The maximum absolute atomic E-state index is 12.3. The molecule has 0 spiro atoms. The second-order valence-electron chi connectivity index (χ2n) is 5.70. The first-order chi connectivity index (χ1) is 11.6. The lowest BCUT2D eigenvalue weighted by Gasteiger charge is -2.34. The van der Waals surface area contributed by atoms with E-state index in [0.717, 1.165) is 30.2 Å². The van der Waals surface area contributed by atoms with Crippen molar-refractivity contribution in [1.29, 1.82) is 0 Å². The summed E-state index contributed by atoms with van der Waals surface area (Å²) in [5.41, 5.74) is 1.95. The molecule has 1 aliphatic rings. The summed E-state index contributed by atoms with van der Waals surface area (Å²) in [7, 11) is 0. The van der Waals surface area contributed by atoms with Crippen LogP contribution in [0.15, 0.2) is 42.7 Å². The Morgan fingerprint density at radius 2 is 1.88 bits per heavy atom. The fraction of sp³-hybridized carbons (Fsp3) is 0.278. The first kappa shape index (κ1) is 16.5. The van der Waals surface area contributed by atoms with Gasteiger partial charge in [-0.2, -0.15) is 0 Å². The van der Waals surface area contributed by atoms with Gasteiger partial charge in [-0.1, -0.05) is 23.7 Å². The van der Waals surface area contributed by atoms with Crippen LogP contribution in [0, 0.1) is 6.92 Å². The predicted molar refractivity (Wildman–Crippen MR) is 96.0 cm³/mol. The van der Waals surface area contributed by atoms with Crippen molar-refractivity contribution in [2.24, 2.45) is 0 Å². The highest BCUT2D eigenvalue weighted by Crippen LogP contribution is 2.17. The van der Waals surface area contributed by atoms with Gasteiger partial charge in [0.1, 0.15) is 0 Å². The highest BCUT2D eigenvalue weighted by atomic mass is 35.5. The van der Waals surface area contributed by atoms with Gasteiger partial charge < -0.3 is 9.80 Å². The summed E-state index contributed by atoms with van der Waals surface area (Å²) in [4.78, 5) is 24.7. The maximum atomic E-state index is 12.3. The molecule has 1 amide bonds. The Hall–Kier alpha value is -2.40. The Bertz CT molecular complexity index is 740. The number of hydrogen-bond donors (Lipinski definition) is 0. The molecule has 0 aliphatic carbocycles. The van der Waals surface area contributed by atoms with Crippen LogP contribution < -0.4 is 4.90 Å². The summed E-state index contributed by atoms with van der Waals surface area (Å²) < 4.78 is 0. The molecule has 2 heterocycles. The highest BCUT2D eigenvalue weighted by Gasteiger charge is 2.20. The van der Waals surface area contributed by atoms with E-state index in [1.54, 1.807) is 30.6 Å². The number of halogens is 1. The quantitative estimate of drug-likeness (QED) is 0.805. The molecule has 1 aromatic heterocycles. The number of benzene rings is 1. The number of aromatic nitrogens is 2. The van der Waals surface area contributed by atoms with E-state index in [-0.39, 0.29) is 5.91 Å². The van der Waals surface area contributed by atoms with Crippen LogP contribution in [0.2, 0.25) is 5.02 Å². The van der Waals surface area contributed by atoms with Gasteiger partial charge in [0.15, 0.2) is 0 Å². The van der Waals surface area contributed by atoms with Crippen molar-refractivity contribution in [2.45, 2.75) is 6.92 Å². The molecule has 0 N–H and O–H groups in total. The second kappa shape index (κ2) is 7.45. The standard InChI is InChI=1S/C18H19ClN4O/c1-14-3-4-15(13-16(14)19)5-6-17(24)22-9-11-23(12-10-22)18-20-7-2-8-21-18/h2-8,13H,9-12H2,1H3/b6-5+. The Morgan fingerprint density at radius 1 is 1.17 bits per heavy atom. The van der Waals surface area contributed by atoms with Gasteiger partial charge in [-0.05, 0) is 36.3 Å². The third-order valence-electron chi connectivity index (χ3n) is 4.04. The van der Waals surface area contributed by atoms with E-state index < -0.39 is 0 Å². The van der Waals surface area contributed by atoms with Crippen LogP contribution in [0.3, 0.4) is 0 Å². The minimum atomic E-state index is 0.0142. The van der Waals surface area contributed by atoms with Crippen LogP contribution >= 0.6 is 11.6 Å². The van der Waals surface area contributed by atoms with Gasteiger partial charge in [0.05, 0.1) is 0 Å². The molecular formula is C18H19ClN4O. The van der Waals surface area contributed by atoms with Crippen molar-refractivity contribution < 1.29 is 4.79 Å². The van der Waals surface area contributed by atoms with Crippen LogP contribution in [0.1, 0.15) is 11.1 Å². The van der Waals surface area contributed by atoms with Gasteiger partial charge in [0.2, 0.25) is 11.9 Å². The van der Waals surface area contributed by atoms with E-state index in [0.29, 0.717) is 18.1 Å². The maximum Gasteiger partial charge on any atom is 0.246 e. The van der Waals surface area contributed by atoms with Crippen molar-refractivity contribution in [2.75, 3.05) is 31.1 Å². The van der Waals surface area contributed by atoms with Crippen molar-refractivity contribution in [1.82, 2.24) is 14.9 Å². The molecule has 1 aliphatic heterocycles. The lowest BCUT2D eigenvalue weighted by atomic mass is 10.1. The Labute approximate surface area is 146 Å². The monoisotopic (exact) mass is 342 g/mol. The number of carbonyl (C=O) groups is 1. The summed E-state index contributed by atoms with van der Waals surface area (Å²) in [6.45, 7) is 4.75. The van der Waals surface area contributed by atoms with Gasteiger partial charge in [0.25, 0.3) is 0 Å². The molecule has 6 heteroatoms. The molecule has 1 fully saturated rings. The summed E-state index contributed by atoms with van der Waals surface area (Å²) in [6, 6.07) is 7.57. The van der Waals surface area contributed by atoms with Crippen LogP contribution in [-0.4, -0.2) is 47.0 Å². The van der Waals surface area contributed by atoms with Crippen molar-refractivity contribution in [3.05, 3.63) is 58.9 Å². The Balaban J connectivity index is 1.57. The van der Waals surface area contributed by atoms with E-state index in [1.807, 2.05) is 30.0 Å². The zero-order valence-electron chi connectivity index (χ0n) is 13.5. The lowest BCUT2D eigenvalue weighted by molar-refractivity contribution is -0.126. The Morgan fingerprint density at radius 3 is 2.54 bits per heavy atom. The number of amides is 1. The molecule has 5 nitrogen and oxygen atoms in total. The van der Waals surface area contributed by atoms with Crippen molar-refractivity contribution in [3.8, 4) is 0 Å². The molecule has 0 radical (unpaired) electrons. The van der Waals surface area contributed by atoms with Crippen LogP contribution in [-0.2, 0) is 4.79 Å². The molecular weight excluding hydrogens is 324 g/mol. The zero-order chi connectivity index (χ0) is 16.9. The largest absolute Gasteiger partial charge is 0.337 e. The number of rotatable bonds is 3. The van der Waals surface area contributed by atoms with Crippen LogP contribution in [0.5, 0.6) is 0 Å². The van der Waals surface area contributed by atoms with Crippen LogP contribution in [0.25, 0.3) is 6.08 Å². The van der Waals surface area contributed by atoms with Gasteiger partial charge in [-0.25, -0.2) is 9.97 Å². The van der Waals surface area contributed by atoms with E-state index in [4.69, 9.17) is 11.6 Å². The number of nitrogens with zero attached hydrogens (tertiary/aromatic N) is 4. The third kappa shape index (κ3) is 3.92. The number of piperazine rings is 1. The average molecular weight is 343 g/mol. The van der Waals surface area contributed by atoms with Crippen molar-refractivity contribution in [3.63, 3.8) is 0 Å². The van der Waals surface area contributed by atoms with Gasteiger partial charge in [0, 0.05) is 49.7 Å². The topological polar surface area (TPSA) is 49.3 Å². The third-order valence-corrected chi connectivity index (χ3v) is 4.45. The molecule has 1 aromatic carbocycles. The minimum Gasteiger partial charge on any atom is -0.337 e. The molecule has 0 unspecified atom stereocenters. The molecule has 124 valence electrons. The zero-order valence-corrected chi connectivity index (χ0v) is 14.3. The molecule has 3 rings (SSSR count). The molecule has 0 atom stereocenters. The van der Waals surface area contributed by atoms with Gasteiger partial charge in [-0.3, -0.25) is 4.79 Å². The fourth-order valence-electron chi connectivity index (χ4n) is 2.57. The fourth-order valence-corrected chi connectivity index (χ4v) is 2.76. The number of anilines is 1. The molecule has 0 bridgehead atoms. The summed E-state index contributed by atoms with van der Waals surface area (Å²) in [5, 5.41) is 0.709. The second-order valence-corrected chi connectivity index (χ2v) is 6.11. The SMILES string of the molecule is Cc1ccc(/C=C/C(=O)N2CCN(c3ncccn3)CC2)cc1Cl. The highest BCUT2D eigenvalue weighted by molar-refractivity contribution is 6.31. The van der Waals surface area contributed by atoms with E-state index >= 15 is 0 Å². The molecule has 24 heavy (non-hydrogen) atoms. The van der Waals surface area contributed by atoms with Gasteiger partial charge >= 0.3 is 0 Å². The summed E-state index contributed by atoms with van der Waals surface area (Å²) in [6.07, 6.45) is 6.88. The number of aryl methyl sites for hydroxylation is 1. The average Bonchev–Trinajstić information content (AvgIpc) is 2.63. The van der Waals surface area contributed by atoms with Crippen molar-refractivity contribution >= 4 is 29.5 Å². The lowest BCUT2D eigenvalue weighted by Crippen LogP contribution is -2.48. The van der Waals surface area contributed by atoms with E-state index in [1.165, 1.54) is 0 Å². The molecule has 2 aromatic rings. The Kier molecular flexibility index (Phi) is 5.11. The summed E-state index contributed by atoms with van der Waals surface area (Å²) in [5.74, 6) is 0.731. The van der Waals surface area contributed by atoms with Gasteiger partial charge in [-0.15, -0.1) is 0 Å². The van der Waals surface area contributed by atoms with E-state index in [9.17, 15) is 4.79 Å². The van der Waals surface area contributed by atoms with Crippen LogP contribution in [0.4, 0.5) is 5.95 Å². The smallest absolute Gasteiger partial charge is 0.246 e. The first-order valence-electron chi connectivity index (χ1n) is 7.88. The molecule has 1 saturated heterocycles. The summed E-state index contributed by atoms with van der Waals surface area (Å²) >= 11 is 6.11.